The molecule has 184 valence electrons. The van der Waals surface area contributed by atoms with Gasteiger partial charge in [-0.3, -0.25) is 0 Å². The molecule has 0 aromatic heterocycles. The van der Waals surface area contributed by atoms with Crippen molar-refractivity contribution in [3.8, 4) is 0 Å². The maximum Gasteiger partial charge on any atom is 0.0594 e. The van der Waals surface area contributed by atoms with Crippen molar-refractivity contribution in [2.45, 2.75) is 125 Å². The Morgan fingerprint density at radius 3 is 2.06 bits per heavy atom. The fourth-order valence-electron chi connectivity index (χ4n) is 11.5. The summed E-state index contributed by atoms with van der Waals surface area (Å²) in [6.45, 7) is 17.9. The quantitative estimate of drug-likeness (QED) is 0.448. The van der Waals surface area contributed by atoms with Crippen molar-refractivity contribution in [1.82, 2.24) is 0 Å². The van der Waals surface area contributed by atoms with Gasteiger partial charge in [0.2, 0.25) is 0 Å². The Kier molecular flexibility index (Phi) is 5.17. The lowest BCUT2D eigenvalue weighted by Gasteiger charge is -2.74. The molecular formula is C30H52O2. The van der Waals surface area contributed by atoms with Gasteiger partial charge in [-0.15, -0.1) is 0 Å². The van der Waals surface area contributed by atoms with E-state index in [4.69, 9.17) is 0 Å². The molecule has 0 radical (unpaired) electrons. The molecule has 5 rings (SSSR count). The monoisotopic (exact) mass is 444 g/mol. The van der Waals surface area contributed by atoms with Crippen molar-refractivity contribution in [1.29, 1.82) is 0 Å². The van der Waals surface area contributed by atoms with Crippen LogP contribution in [0.3, 0.4) is 0 Å². The number of aliphatic hydroxyl groups is 2. The summed E-state index contributed by atoms with van der Waals surface area (Å²) in [5.74, 6) is 2.76. The van der Waals surface area contributed by atoms with Crippen molar-refractivity contribution < 1.29 is 10.2 Å². The average Bonchev–Trinajstić information content (AvgIpc) is 2.71. The van der Waals surface area contributed by atoms with Gasteiger partial charge < -0.3 is 10.2 Å². The first-order chi connectivity index (χ1) is 14.8. The minimum Gasteiger partial charge on any atom is -0.396 e. The van der Waals surface area contributed by atoms with Crippen LogP contribution in [0.25, 0.3) is 0 Å². The molecular weight excluding hydrogens is 392 g/mol. The standard InChI is InChI=1S/C30H52O2/c1-25(2)14-15-27(5)16-17-30(19-31)20(21(27)18-25)8-9-23-28(6)12-11-24(32)26(3,4)22(28)10-13-29(23,30)7/h20-24,31-32H,8-19H2,1-7H3/t20-,21+,22+,23-,24+,27-,28+,29-,30+/m1/s1. The van der Waals surface area contributed by atoms with E-state index in [1.807, 2.05) is 0 Å². The topological polar surface area (TPSA) is 40.5 Å². The third-order valence-corrected chi connectivity index (χ3v) is 13.6. The third-order valence-electron chi connectivity index (χ3n) is 13.6. The first-order valence-corrected chi connectivity index (χ1v) is 14.0. The highest BCUT2D eigenvalue weighted by molar-refractivity contribution is 5.19. The molecule has 0 saturated heterocycles. The maximum absolute atomic E-state index is 11.3. The van der Waals surface area contributed by atoms with Crippen LogP contribution in [0.1, 0.15) is 119 Å². The maximum atomic E-state index is 11.3. The summed E-state index contributed by atoms with van der Waals surface area (Å²) < 4.78 is 0. The molecule has 2 heteroatoms. The molecule has 0 heterocycles. The molecule has 0 aromatic carbocycles. The lowest BCUT2D eigenvalue weighted by molar-refractivity contribution is -0.267. The van der Waals surface area contributed by atoms with Crippen LogP contribution in [0.15, 0.2) is 0 Å². The van der Waals surface area contributed by atoms with Crippen molar-refractivity contribution >= 4 is 0 Å². The molecule has 0 aromatic rings. The number of aliphatic hydroxyl groups excluding tert-OH is 2. The average molecular weight is 445 g/mol. The molecule has 2 N–H and O–H groups in total. The smallest absolute Gasteiger partial charge is 0.0594 e. The van der Waals surface area contributed by atoms with Gasteiger partial charge in [-0.25, -0.2) is 0 Å². The highest BCUT2D eigenvalue weighted by atomic mass is 16.3. The van der Waals surface area contributed by atoms with E-state index in [1.165, 1.54) is 64.2 Å². The van der Waals surface area contributed by atoms with Gasteiger partial charge in [-0.05, 0) is 121 Å². The van der Waals surface area contributed by atoms with Crippen molar-refractivity contribution in [2.24, 2.45) is 56.2 Å². The van der Waals surface area contributed by atoms with Crippen LogP contribution in [-0.2, 0) is 0 Å². The van der Waals surface area contributed by atoms with Gasteiger partial charge in [0.15, 0.2) is 0 Å². The molecule has 5 saturated carbocycles. The predicted molar refractivity (Wildman–Crippen MR) is 132 cm³/mol. The van der Waals surface area contributed by atoms with E-state index < -0.39 is 0 Å². The zero-order valence-corrected chi connectivity index (χ0v) is 22.3. The molecule has 32 heavy (non-hydrogen) atoms. The molecule has 9 atom stereocenters. The minimum absolute atomic E-state index is 0.0100. The summed E-state index contributed by atoms with van der Waals surface area (Å²) in [6.07, 6.45) is 13.8. The molecule has 5 aliphatic rings. The Labute approximate surface area is 198 Å². The molecule has 5 fully saturated rings. The van der Waals surface area contributed by atoms with Crippen LogP contribution >= 0.6 is 0 Å². The first-order valence-electron chi connectivity index (χ1n) is 14.0. The van der Waals surface area contributed by atoms with Crippen LogP contribution in [0.4, 0.5) is 0 Å². The van der Waals surface area contributed by atoms with Crippen LogP contribution in [0.2, 0.25) is 0 Å². The SMILES string of the molecule is CC1(C)CC[C@]2(C)CC[C@]3(CO)[C@H](CC[C@@H]4[C@@]5(C)CC[C@H](O)C(C)(C)[C@@H]5CC[C@]43C)[C@@H]2C1. The van der Waals surface area contributed by atoms with E-state index >= 15 is 0 Å². The highest BCUT2D eigenvalue weighted by Crippen LogP contribution is 2.76. The molecule has 0 aliphatic heterocycles. The van der Waals surface area contributed by atoms with E-state index in [9.17, 15) is 10.2 Å². The second-order valence-corrected chi connectivity index (χ2v) is 15.6. The highest BCUT2D eigenvalue weighted by Gasteiger charge is 2.70. The van der Waals surface area contributed by atoms with E-state index in [0.717, 1.165) is 12.3 Å². The van der Waals surface area contributed by atoms with Crippen LogP contribution in [-0.4, -0.2) is 22.9 Å². The lowest BCUT2D eigenvalue weighted by atomic mass is 9.31. The fourth-order valence-corrected chi connectivity index (χ4v) is 11.5. The first kappa shape index (κ1) is 23.7. The Hall–Kier alpha value is -0.0800. The van der Waals surface area contributed by atoms with Gasteiger partial charge in [-0.1, -0.05) is 48.5 Å². The van der Waals surface area contributed by atoms with Gasteiger partial charge in [0.25, 0.3) is 0 Å². The Morgan fingerprint density at radius 1 is 0.688 bits per heavy atom. The molecule has 0 amide bonds. The van der Waals surface area contributed by atoms with Gasteiger partial charge >= 0.3 is 0 Å². The van der Waals surface area contributed by atoms with Crippen LogP contribution < -0.4 is 0 Å². The summed E-state index contributed by atoms with van der Waals surface area (Å²) in [7, 11) is 0. The fraction of sp³-hybridized carbons (Fsp3) is 1.00. The van der Waals surface area contributed by atoms with E-state index in [2.05, 4.69) is 48.5 Å². The Bertz CT molecular complexity index is 756. The van der Waals surface area contributed by atoms with E-state index in [-0.39, 0.29) is 22.3 Å². The van der Waals surface area contributed by atoms with Crippen molar-refractivity contribution in [3.63, 3.8) is 0 Å². The number of hydrogen-bond donors (Lipinski definition) is 2. The van der Waals surface area contributed by atoms with E-state index in [1.54, 1.807) is 0 Å². The van der Waals surface area contributed by atoms with Crippen molar-refractivity contribution in [2.75, 3.05) is 6.61 Å². The van der Waals surface area contributed by atoms with Crippen LogP contribution in [0.5, 0.6) is 0 Å². The van der Waals surface area contributed by atoms with Crippen LogP contribution in [0, 0.1) is 56.2 Å². The largest absolute Gasteiger partial charge is 0.396 e. The van der Waals surface area contributed by atoms with Gasteiger partial charge in [0, 0.05) is 12.0 Å². The number of rotatable bonds is 1. The molecule has 0 spiro atoms. The van der Waals surface area contributed by atoms with Gasteiger partial charge in [0.05, 0.1) is 6.10 Å². The Balaban J connectivity index is 1.55. The molecule has 0 bridgehead atoms. The summed E-state index contributed by atoms with van der Waals surface area (Å²) in [4.78, 5) is 0. The summed E-state index contributed by atoms with van der Waals surface area (Å²) in [5, 5.41) is 22.2. The van der Waals surface area contributed by atoms with Gasteiger partial charge in [0.1, 0.15) is 0 Å². The summed E-state index contributed by atoms with van der Waals surface area (Å²) >= 11 is 0. The zero-order chi connectivity index (χ0) is 23.4. The second-order valence-electron chi connectivity index (χ2n) is 15.6. The number of hydrogen-bond acceptors (Lipinski definition) is 2. The molecule has 2 nitrogen and oxygen atoms in total. The Morgan fingerprint density at radius 2 is 1.38 bits per heavy atom. The van der Waals surface area contributed by atoms with Gasteiger partial charge in [-0.2, -0.15) is 0 Å². The second kappa shape index (κ2) is 6.99. The minimum atomic E-state index is -0.159. The predicted octanol–water partition coefficient (Wildman–Crippen LogP) is 7.22. The third kappa shape index (κ3) is 2.84. The zero-order valence-electron chi connectivity index (χ0n) is 22.3. The number of fused-ring (bicyclic) bond motifs is 7. The lowest BCUT2D eigenvalue weighted by Crippen LogP contribution is -2.68. The molecule has 0 unspecified atom stereocenters. The summed E-state index contributed by atoms with van der Waals surface area (Å²) in [5.41, 5.74) is 1.58. The van der Waals surface area contributed by atoms with Crippen molar-refractivity contribution in [3.05, 3.63) is 0 Å². The normalized spacial score (nSPS) is 56.3. The van der Waals surface area contributed by atoms with E-state index in [0.29, 0.717) is 40.6 Å². The summed E-state index contributed by atoms with van der Waals surface area (Å²) in [6, 6.07) is 0. The molecule has 5 aliphatic carbocycles.